The molecular formula is C18H24N8O. The molecule has 1 aliphatic heterocycles. The van der Waals surface area contributed by atoms with Crippen LogP contribution >= 0.6 is 0 Å². The Morgan fingerprint density at radius 2 is 1.96 bits per heavy atom. The number of rotatable bonds is 4. The van der Waals surface area contributed by atoms with Crippen molar-refractivity contribution in [1.29, 1.82) is 0 Å². The largest absolute Gasteiger partial charge is 0.353 e. The van der Waals surface area contributed by atoms with E-state index >= 15 is 0 Å². The van der Waals surface area contributed by atoms with Crippen LogP contribution in [0.15, 0.2) is 18.6 Å². The summed E-state index contributed by atoms with van der Waals surface area (Å²) >= 11 is 0. The summed E-state index contributed by atoms with van der Waals surface area (Å²) in [5, 5.41) is 8.73. The SMILES string of the molecule is CCCn1cc(C(=O)N2CCN(c3cc(C)nc4ncnn34)CC2)c(C)n1. The topological polar surface area (TPSA) is 84.5 Å². The van der Waals surface area contributed by atoms with Crippen molar-refractivity contribution in [2.75, 3.05) is 31.1 Å². The molecule has 0 aliphatic carbocycles. The maximum absolute atomic E-state index is 12.9. The number of piperazine rings is 1. The third-order valence-electron chi connectivity index (χ3n) is 4.88. The van der Waals surface area contributed by atoms with E-state index in [2.05, 4.69) is 32.0 Å². The second-order valence-electron chi connectivity index (χ2n) is 6.90. The van der Waals surface area contributed by atoms with Crippen LogP contribution in [0.2, 0.25) is 0 Å². The molecule has 3 aromatic rings. The van der Waals surface area contributed by atoms with Crippen LogP contribution in [0.5, 0.6) is 0 Å². The molecule has 1 amide bonds. The summed E-state index contributed by atoms with van der Waals surface area (Å²) < 4.78 is 3.61. The third-order valence-corrected chi connectivity index (χ3v) is 4.88. The van der Waals surface area contributed by atoms with E-state index in [9.17, 15) is 4.79 Å². The minimum Gasteiger partial charge on any atom is -0.353 e. The fraction of sp³-hybridized carbons (Fsp3) is 0.500. The molecule has 0 saturated carbocycles. The number of nitrogens with zero attached hydrogens (tertiary/aromatic N) is 8. The lowest BCUT2D eigenvalue weighted by Gasteiger charge is -2.35. The minimum absolute atomic E-state index is 0.0614. The van der Waals surface area contributed by atoms with Crippen LogP contribution in [0.1, 0.15) is 35.1 Å². The first-order valence-electron chi connectivity index (χ1n) is 9.32. The first kappa shape index (κ1) is 17.4. The van der Waals surface area contributed by atoms with Gasteiger partial charge in [-0.1, -0.05) is 6.92 Å². The zero-order chi connectivity index (χ0) is 19.0. The van der Waals surface area contributed by atoms with Gasteiger partial charge in [0.05, 0.1) is 11.3 Å². The Morgan fingerprint density at radius 3 is 2.70 bits per heavy atom. The van der Waals surface area contributed by atoms with Crippen molar-refractivity contribution >= 4 is 17.5 Å². The lowest BCUT2D eigenvalue weighted by atomic mass is 10.2. The number of carbonyl (C=O) groups excluding carboxylic acids is 1. The molecule has 0 bridgehead atoms. The summed E-state index contributed by atoms with van der Waals surface area (Å²) in [5.41, 5.74) is 2.41. The fourth-order valence-electron chi connectivity index (χ4n) is 3.52. The van der Waals surface area contributed by atoms with Crippen molar-refractivity contribution in [3.05, 3.63) is 35.5 Å². The zero-order valence-corrected chi connectivity index (χ0v) is 16.0. The highest BCUT2D eigenvalue weighted by atomic mass is 16.2. The lowest BCUT2D eigenvalue weighted by Crippen LogP contribution is -2.49. The van der Waals surface area contributed by atoms with Crippen LogP contribution in [0.25, 0.3) is 5.78 Å². The van der Waals surface area contributed by atoms with Gasteiger partial charge >= 0.3 is 0 Å². The Bertz CT molecular complexity index is 967. The fourth-order valence-corrected chi connectivity index (χ4v) is 3.52. The van der Waals surface area contributed by atoms with Gasteiger partial charge in [0, 0.05) is 50.7 Å². The summed E-state index contributed by atoms with van der Waals surface area (Å²) in [5.74, 6) is 1.63. The van der Waals surface area contributed by atoms with E-state index in [4.69, 9.17) is 0 Å². The molecule has 0 aromatic carbocycles. The highest BCUT2D eigenvalue weighted by Crippen LogP contribution is 2.19. The Labute approximate surface area is 157 Å². The average Bonchev–Trinajstić information content (AvgIpc) is 3.27. The van der Waals surface area contributed by atoms with Gasteiger partial charge in [-0.15, -0.1) is 0 Å². The van der Waals surface area contributed by atoms with Gasteiger partial charge in [-0.3, -0.25) is 9.48 Å². The summed E-state index contributed by atoms with van der Waals surface area (Å²) in [6.07, 6.45) is 4.38. The smallest absolute Gasteiger partial charge is 0.257 e. The second kappa shape index (κ2) is 6.98. The molecule has 9 nitrogen and oxygen atoms in total. The Kier molecular flexibility index (Phi) is 4.51. The summed E-state index contributed by atoms with van der Waals surface area (Å²) in [7, 11) is 0. The van der Waals surface area contributed by atoms with Crippen LogP contribution in [0, 0.1) is 13.8 Å². The Hall–Kier alpha value is -2.97. The number of amides is 1. The monoisotopic (exact) mass is 368 g/mol. The molecule has 1 aliphatic rings. The van der Waals surface area contributed by atoms with Gasteiger partial charge < -0.3 is 9.80 Å². The molecule has 1 saturated heterocycles. The molecule has 4 heterocycles. The average molecular weight is 368 g/mol. The normalized spacial score (nSPS) is 14.9. The van der Waals surface area contributed by atoms with Gasteiger partial charge in [-0.25, -0.2) is 4.98 Å². The molecule has 9 heteroatoms. The minimum atomic E-state index is 0.0614. The molecule has 0 radical (unpaired) electrons. The van der Waals surface area contributed by atoms with Crippen molar-refractivity contribution in [1.82, 2.24) is 34.3 Å². The predicted octanol–water partition coefficient (Wildman–Crippen LogP) is 1.31. The van der Waals surface area contributed by atoms with E-state index in [-0.39, 0.29) is 5.91 Å². The molecule has 0 unspecified atom stereocenters. The van der Waals surface area contributed by atoms with Crippen LogP contribution in [-0.2, 0) is 6.54 Å². The van der Waals surface area contributed by atoms with Crippen molar-refractivity contribution in [2.45, 2.75) is 33.7 Å². The number of carbonyl (C=O) groups is 1. The van der Waals surface area contributed by atoms with E-state index in [0.717, 1.165) is 43.3 Å². The van der Waals surface area contributed by atoms with Gasteiger partial charge in [0.15, 0.2) is 0 Å². The van der Waals surface area contributed by atoms with E-state index < -0.39 is 0 Å². The van der Waals surface area contributed by atoms with Crippen molar-refractivity contribution in [3.63, 3.8) is 0 Å². The lowest BCUT2D eigenvalue weighted by molar-refractivity contribution is 0.0745. The number of fused-ring (bicyclic) bond motifs is 1. The zero-order valence-electron chi connectivity index (χ0n) is 16.0. The van der Waals surface area contributed by atoms with Crippen molar-refractivity contribution in [3.8, 4) is 0 Å². The summed E-state index contributed by atoms with van der Waals surface area (Å²) in [6, 6.07) is 2.01. The highest BCUT2D eigenvalue weighted by molar-refractivity contribution is 5.95. The van der Waals surface area contributed by atoms with Crippen molar-refractivity contribution < 1.29 is 4.79 Å². The maximum atomic E-state index is 12.9. The molecule has 0 spiro atoms. The van der Waals surface area contributed by atoms with Gasteiger partial charge in [0.2, 0.25) is 0 Å². The third kappa shape index (κ3) is 3.24. The number of hydrogen-bond acceptors (Lipinski definition) is 6. The highest BCUT2D eigenvalue weighted by Gasteiger charge is 2.26. The molecule has 0 atom stereocenters. The first-order valence-corrected chi connectivity index (χ1v) is 9.32. The Balaban J connectivity index is 1.48. The van der Waals surface area contributed by atoms with Crippen LogP contribution < -0.4 is 4.90 Å². The van der Waals surface area contributed by atoms with Crippen LogP contribution in [0.4, 0.5) is 5.82 Å². The van der Waals surface area contributed by atoms with E-state index in [1.54, 1.807) is 4.52 Å². The van der Waals surface area contributed by atoms with Gasteiger partial charge in [0.25, 0.3) is 11.7 Å². The number of aryl methyl sites for hydroxylation is 3. The van der Waals surface area contributed by atoms with E-state index in [1.165, 1.54) is 6.33 Å². The number of anilines is 1. The molecule has 3 aromatic heterocycles. The van der Waals surface area contributed by atoms with Gasteiger partial charge in [-0.05, 0) is 20.3 Å². The Morgan fingerprint density at radius 1 is 1.19 bits per heavy atom. The second-order valence-corrected chi connectivity index (χ2v) is 6.90. The molecule has 142 valence electrons. The first-order chi connectivity index (χ1) is 13.1. The quantitative estimate of drug-likeness (QED) is 0.690. The predicted molar refractivity (Wildman–Crippen MR) is 101 cm³/mol. The van der Waals surface area contributed by atoms with E-state index in [0.29, 0.717) is 24.4 Å². The van der Waals surface area contributed by atoms with Crippen molar-refractivity contribution in [2.24, 2.45) is 0 Å². The molecule has 27 heavy (non-hydrogen) atoms. The van der Waals surface area contributed by atoms with Crippen LogP contribution in [-0.4, -0.2) is 66.3 Å². The summed E-state index contributed by atoms with van der Waals surface area (Å²) in [4.78, 5) is 25.6. The van der Waals surface area contributed by atoms with Gasteiger partial charge in [-0.2, -0.15) is 19.7 Å². The van der Waals surface area contributed by atoms with Gasteiger partial charge in [0.1, 0.15) is 12.1 Å². The molecular weight excluding hydrogens is 344 g/mol. The molecule has 1 fully saturated rings. The number of hydrogen-bond donors (Lipinski definition) is 0. The number of aromatic nitrogens is 6. The maximum Gasteiger partial charge on any atom is 0.257 e. The standard InChI is InChI=1S/C18H24N8O/c1-4-5-25-11-15(14(3)22-25)17(27)24-8-6-23(7-9-24)16-10-13(2)21-18-19-12-20-26(16)18/h10-12H,4-9H2,1-3H3. The molecule has 4 rings (SSSR count). The summed E-state index contributed by atoms with van der Waals surface area (Å²) in [6.45, 7) is 9.59. The van der Waals surface area contributed by atoms with E-state index in [1.807, 2.05) is 35.7 Å². The van der Waals surface area contributed by atoms with Crippen LogP contribution in [0.3, 0.4) is 0 Å². The molecule has 0 N–H and O–H groups in total.